The number of anilines is 2. The van der Waals surface area contributed by atoms with E-state index in [9.17, 15) is 18.4 Å². The summed E-state index contributed by atoms with van der Waals surface area (Å²) in [7, 11) is 0. The van der Waals surface area contributed by atoms with Gasteiger partial charge in [0.2, 0.25) is 0 Å². The third-order valence-corrected chi connectivity index (χ3v) is 6.50. The molecule has 222 valence electrons. The van der Waals surface area contributed by atoms with Crippen LogP contribution in [0.25, 0.3) is 5.69 Å². The lowest BCUT2D eigenvalue weighted by molar-refractivity contribution is -0.534. The number of benzene rings is 3. The van der Waals surface area contributed by atoms with E-state index in [1.807, 2.05) is 26.0 Å². The Morgan fingerprint density at radius 1 is 0.952 bits per heavy atom. The average molecular weight is 608 g/mol. The summed E-state index contributed by atoms with van der Waals surface area (Å²) >= 11 is 6.23. The van der Waals surface area contributed by atoms with Gasteiger partial charge in [-0.1, -0.05) is 11.6 Å². The van der Waals surface area contributed by atoms with Crippen LogP contribution in [0.3, 0.4) is 0 Å². The van der Waals surface area contributed by atoms with Crippen LogP contribution in [0.15, 0.2) is 72.8 Å². The summed E-state index contributed by atoms with van der Waals surface area (Å²) in [5, 5.41) is 15.6. The fourth-order valence-electron chi connectivity index (χ4n) is 3.85. The number of hydrazine groups is 3. The van der Waals surface area contributed by atoms with Gasteiger partial charge in [0.25, 0.3) is 5.91 Å². The second-order valence-electron chi connectivity index (χ2n) is 8.67. The monoisotopic (exact) mass is 607 g/mol. The highest BCUT2D eigenvalue weighted by Gasteiger charge is 2.26. The van der Waals surface area contributed by atoms with Crippen molar-refractivity contribution in [2.45, 2.75) is 13.8 Å². The zero-order valence-corrected chi connectivity index (χ0v) is 23.0. The Bertz CT molecular complexity index is 1470. The fourth-order valence-corrected chi connectivity index (χ4v) is 3.97. The number of carbonyl (C=O) groups is 1. The topological polar surface area (TPSA) is 120 Å². The van der Waals surface area contributed by atoms with Crippen LogP contribution in [0, 0.1) is 13.8 Å². The Morgan fingerprint density at radius 2 is 1.57 bits per heavy atom. The highest BCUT2D eigenvalue weighted by Crippen LogP contribution is 2.25. The number of carbonyl (C=O) groups excluding carboxylic acids is 1. The Morgan fingerprint density at radius 3 is 2.12 bits per heavy atom. The summed E-state index contributed by atoms with van der Waals surface area (Å²) in [6, 6.07) is 18.2. The van der Waals surface area contributed by atoms with Crippen molar-refractivity contribution in [2.75, 3.05) is 23.6 Å². The molecule has 0 bridgehead atoms. The van der Waals surface area contributed by atoms with E-state index in [1.165, 1.54) is 24.3 Å². The third kappa shape index (κ3) is 7.09. The van der Waals surface area contributed by atoms with Crippen molar-refractivity contribution >= 4 is 28.9 Å². The number of nitrogens with two attached hydrogens (primary N) is 1. The highest BCUT2D eigenvalue weighted by molar-refractivity contribution is 6.31. The first-order valence-electron chi connectivity index (χ1n) is 12.2. The number of ether oxygens (including phenoxy) is 1. The first-order chi connectivity index (χ1) is 20.2. The smallest absolute Gasteiger partial charge is 0.255 e. The van der Waals surface area contributed by atoms with Crippen LogP contribution in [0.5, 0.6) is 11.5 Å². The molecule has 42 heavy (non-hydrogen) atoms. The minimum Gasteiger partial charge on any atom is -0.492 e. The molecular weight excluding hydrogens is 583 g/mol. The fraction of sp³-hybridized carbons (Fsp3) is 0.154. The van der Waals surface area contributed by atoms with Gasteiger partial charge in [-0.15, -0.1) is 5.12 Å². The number of nitrogens with zero attached hydrogens (tertiary/aromatic N) is 5. The zero-order valence-electron chi connectivity index (χ0n) is 22.2. The number of aromatic nitrogens is 2. The van der Waals surface area contributed by atoms with Crippen molar-refractivity contribution < 1.29 is 38.1 Å². The number of hydrogen-bond donors (Lipinski definition) is 2. The Hall–Kier alpha value is -4.38. The van der Waals surface area contributed by atoms with Gasteiger partial charge in [-0.05, 0) is 106 Å². The summed E-state index contributed by atoms with van der Waals surface area (Å²) < 4.78 is 45.3. The van der Waals surface area contributed by atoms with E-state index in [1.54, 1.807) is 41.1 Å². The number of halogens is 4. The summed E-state index contributed by atoms with van der Waals surface area (Å²) in [6.07, 6.45) is 0. The number of aryl methyl sites for hydroxylation is 1. The summed E-state index contributed by atoms with van der Waals surface area (Å²) in [5.74, 6) is 5.80. The normalized spacial score (nSPS) is 11.2. The maximum absolute atomic E-state index is 12.8. The summed E-state index contributed by atoms with van der Waals surface area (Å²) in [6.45, 7) is 3.50. The van der Waals surface area contributed by atoms with Gasteiger partial charge in [0, 0.05) is 15.8 Å². The molecule has 0 fully saturated rings. The van der Waals surface area contributed by atoms with Gasteiger partial charge >= 0.3 is 0 Å². The van der Waals surface area contributed by atoms with Crippen molar-refractivity contribution in [1.29, 1.82) is 0 Å². The molecule has 0 aliphatic heterocycles. The molecule has 1 amide bonds. The predicted octanol–water partition coefficient (Wildman–Crippen LogP) is 5.48. The second kappa shape index (κ2) is 14.0. The minimum absolute atomic E-state index is 0.0228. The van der Waals surface area contributed by atoms with Gasteiger partial charge in [0.1, 0.15) is 17.7 Å². The highest BCUT2D eigenvalue weighted by atomic mass is 35.5. The van der Waals surface area contributed by atoms with Crippen LogP contribution in [0.2, 0.25) is 5.02 Å². The lowest BCUT2D eigenvalue weighted by atomic mass is 10.2. The third-order valence-electron chi connectivity index (χ3n) is 5.95. The first kappa shape index (κ1) is 30.6. The molecule has 0 saturated carbocycles. The maximum Gasteiger partial charge on any atom is 0.255 e. The van der Waals surface area contributed by atoms with Crippen LogP contribution in [0.1, 0.15) is 21.7 Å². The summed E-state index contributed by atoms with van der Waals surface area (Å²) in [4.78, 5) is 16.3. The van der Waals surface area contributed by atoms with Gasteiger partial charge in [-0.3, -0.25) is 9.74 Å². The molecular formula is C26H25ClF3N7O5. The van der Waals surface area contributed by atoms with Crippen LogP contribution >= 0.6 is 11.6 Å². The van der Waals surface area contributed by atoms with Crippen molar-refractivity contribution in [3.05, 3.63) is 94.8 Å². The van der Waals surface area contributed by atoms with Crippen molar-refractivity contribution in [3.8, 4) is 17.2 Å². The maximum atomic E-state index is 12.8. The minimum atomic E-state index is -0.339. The van der Waals surface area contributed by atoms with Crippen molar-refractivity contribution in [3.63, 3.8) is 0 Å². The largest absolute Gasteiger partial charge is 0.492 e. The van der Waals surface area contributed by atoms with Gasteiger partial charge in [-0.2, -0.15) is 10.2 Å². The van der Waals surface area contributed by atoms with Crippen molar-refractivity contribution in [1.82, 2.24) is 20.2 Å². The van der Waals surface area contributed by atoms with E-state index in [0.717, 1.165) is 22.2 Å². The molecule has 4 rings (SSSR count). The van der Waals surface area contributed by atoms with Crippen LogP contribution in [-0.4, -0.2) is 39.3 Å². The van der Waals surface area contributed by atoms with Gasteiger partial charge < -0.3 is 10.1 Å². The Kier molecular flexibility index (Phi) is 10.2. The molecule has 3 N–H and O–H groups in total. The molecule has 1 aromatic heterocycles. The lowest BCUT2D eigenvalue weighted by Gasteiger charge is -2.33. The van der Waals surface area contributed by atoms with Crippen LogP contribution in [-0.2, 0) is 10.1 Å². The number of rotatable bonds is 13. The van der Waals surface area contributed by atoms with Gasteiger partial charge in [0.15, 0.2) is 5.75 Å². The molecule has 1 heterocycles. The lowest BCUT2D eigenvalue weighted by Crippen LogP contribution is -2.56. The molecule has 0 aliphatic rings. The average Bonchev–Trinajstić information content (AvgIpc) is 3.27. The molecule has 0 spiro atoms. The first-order valence-corrected chi connectivity index (χ1v) is 12.6. The molecule has 3 aromatic carbocycles. The summed E-state index contributed by atoms with van der Waals surface area (Å²) in [5.41, 5.74) is 3.32. The van der Waals surface area contributed by atoms with E-state index < -0.39 is 0 Å². The number of nitrogens with one attached hydrogen (secondary N) is 1. The number of amides is 1. The van der Waals surface area contributed by atoms with E-state index in [4.69, 9.17) is 22.2 Å². The molecule has 4 aromatic rings. The molecule has 0 radical (unpaired) electrons. The van der Waals surface area contributed by atoms with Crippen molar-refractivity contribution in [2.24, 2.45) is 5.84 Å². The van der Waals surface area contributed by atoms with E-state index in [0.29, 0.717) is 27.1 Å². The molecule has 0 aliphatic carbocycles. The number of hydrogen-bond acceptors (Lipinski definition) is 10. The molecule has 12 nitrogen and oxygen atoms in total. The Labute approximate surface area is 242 Å². The standard InChI is InChI=1S/C26H25ClF3N7O5/c1-17-25(27)18(2)35(33-17)21-7-5-20(6-8-21)32-26(38)19-3-11-23(12-4-19)39-16-15-34(31)36(37(41-29)42-30)22-9-13-24(40-28)14-10-22/h3-14H,15-16,31H2,1-2H3,(H,32,38). The molecule has 16 heteroatoms. The second-order valence-corrected chi connectivity index (χ2v) is 9.05. The molecule has 0 unspecified atom stereocenters. The van der Waals surface area contributed by atoms with E-state index in [-0.39, 0.29) is 35.8 Å². The molecule has 0 atom stereocenters. The van der Waals surface area contributed by atoms with E-state index >= 15 is 0 Å². The van der Waals surface area contributed by atoms with Crippen LogP contribution < -0.4 is 26.0 Å². The molecule has 0 saturated heterocycles. The van der Waals surface area contributed by atoms with E-state index in [2.05, 4.69) is 25.4 Å². The van der Waals surface area contributed by atoms with Gasteiger partial charge in [-0.25, -0.2) is 10.5 Å². The predicted molar refractivity (Wildman–Crippen MR) is 146 cm³/mol. The van der Waals surface area contributed by atoms with Crippen LogP contribution in [0.4, 0.5) is 25.0 Å². The SMILES string of the molecule is Cc1nn(-c2ccc(NC(=O)c3ccc(OCCN(N)N(c4ccc(OF)cc4)N(OF)OF)cc3)cc2)c(C)c1Cl. The quantitative estimate of drug-likeness (QED) is 0.149. The Balaban J connectivity index is 1.32. The van der Waals surface area contributed by atoms with Gasteiger partial charge in [0.05, 0.1) is 34.3 Å². The zero-order chi connectivity index (χ0) is 30.2.